The molecule has 0 radical (unpaired) electrons. The van der Waals surface area contributed by atoms with Crippen LogP contribution in [0.4, 0.5) is 0 Å². The maximum atomic E-state index is 7.42. The molecule has 0 amide bonds. The average molecular weight is 547 g/mol. The third-order valence-electron chi connectivity index (χ3n) is 5.95. The van der Waals surface area contributed by atoms with Crippen LogP contribution in [0.2, 0.25) is 0 Å². The van der Waals surface area contributed by atoms with Crippen LogP contribution in [0.25, 0.3) is 0 Å². The van der Waals surface area contributed by atoms with Crippen LogP contribution >= 0.6 is 37.2 Å². The molecule has 0 bridgehead atoms. The number of hydrogen-bond acceptors (Lipinski definition) is 5. The van der Waals surface area contributed by atoms with E-state index in [-0.39, 0.29) is 48.9 Å². The van der Waals surface area contributed by atoms with E-state index in [1.165, 1.54) is 19.3 Å². The predicted molar refractivity (Wildman–Crippen MR) is 151 cm³/mol. The number of ether oxygens (including phenoxy) is 2. The number of nitrogen functional groups attached to an aromatic ring is 2. The van der Waals surface area contributed by atoms with Crippen LogP contribution in [-0.2, 0) is 0 Å². The Morgan fingerprint density at radius 1 is 0.743 bits per heavy atom. The van der Waals surface area contributed by atoms with Crippen molar-refractivity contribution in [3.8, 4) is 11.5 Å². The number of hydrogen-bond donors (Lipinski definition) is 4. The van der Waals surface area contributed by atoms with Gasteiger partial charge in [-0.3, -0.25) is 10.8 Å². The Morgan fingerprint density at radius 2 is 1.17 bits per heavy atom. The van der Waals surface area contributed by atoms with E-state index in [1.807, 2.05) is 48.5 Å². The molecule has 2 aromatic carbocycles. The molecule has 7 nitrogen and oxygen atoms in total. The SMILES string of the molecule is Cl.Cl.Cl.N=C(N)c1ccc(OCCCC2CCN(CCCOc3ccc(C(=N)N)cc3)CC2)cc1. The highest BCUT2D eigenvalue weighted by Crippen LogP contribution is 2.22. The summed E-state index contributed by atoms with van der Waals surface area (Å²) in [5, 5.41) is 14.8. The first-order valence-corrected chi connectivity index (χ1v) is 11.4. The summed E-state index contributed by atoms with van der Waals surface area (Å²) >= 11 is 0. The summed E-state index contributed by atoms with van der Waals surface area (Å²) in [6.45, 7) is 4.81. The molecule has 0 aliphatic carbocycles. The Balaban J connectivity index is 0.00000385. The van der Waals surface area contributed by atoms with Gasteiger partial charge in [-0.2, -0.15) is 0 Å². The first-order chi connectivity index (χ1) is 15.5. The largest absolute Gasteiger partial charge is 0.494 e. The highest BCUT2D eigenvalue weighted by atomic mass is 35.5. The molecular formula is C25H38Cl3N5O2. The smallest absolute Gasteiger partial charge is 0.122 e. The van der Waals surface area contributed by atoms with Crippen LogP contribution in [0.1, 0.15) is 43.2 Å². The van der Waals surface area contributed by atoms with Gasteiger partial charge in [-0.25, -0.2) is 0 Å². The number of nitrogens with two attached hydrogens (primary N) is 2. The van der Waals surface area contributed by atoms with Gasteiger partial charge in [0, 0.05) is 17.7 Å². The van der Waals surface area contributed by atoms with Gasteiger partial charge in [-0.15, -0.1) is 37.2 Å². The molecule has 0 spiro atoms. The minimum absolute atomic E-state index is 0. The van der Waals surface area contributed by atoms with Gasteiger partial charge in [-0.1, -0.05) is 0 Å². The van der Waals surface area contributed by atoms with Crippen LogP contribution in [0.3, 0.4) is 0 Å². The molecule has 2 aromatic rings. The van der Waals surface area contributed by atoms with Gasteiger partial charge >= 0.3 is 0 Å². The molecule has 1 fully saturated rings. The van der Waals surface area contributed by atoms with Gasteiger partial charge in [0.25, 0.3) is 0 Å². The van der Waals surface area contributed by atoms with Gasteiger partial charge in [0.15, 0.2) is 0 Å². The maximum Gasteiger partial charge on any atom is 0.122 e. The van der Waals surface area contributed by atoms with Crippen molar-refractivity contribution in [3.05, 3.63) is 59.7 Å². The van der Waals surface area contributed by atoms with Crippen molar-refractivity contribution < 1.29 is 9.47 Å². The van der Waals surface area contributed by atoms with E-state index >= 15 is 0 Å². The molecule has 6 N–H and O–H groups in total. The van der Waals surface area contributed by atoms with Crippen molar-refractivity contribution in [1.82, 2.24) is 4.90 Å². The van der Waals surface area contributed by atoms with Crippen LogP contribution in [0, 0.1) is 16.7 Å². The average Bonchev–Trinajstić information content (AvgIpc) is 2.81. The van der Waals surface area contributed by atoms with Gasteiger partial charge in [-0.05, 0) is 99.6 Å². The molecule has 1 aliphatic rings. The molecule has 0 atom stereocenters. The number of likely N-dealkylation sites (tertiary alicyclic amines) is 1. The van der Waals surface area contributed by atoms with Crippen molar-refractivity contribution in [2.45, 2.75) is 32.1 Å². The molecule has 1 saturated heterocycles. The molecular weight excluding hydrogens is 509 g/mol. The number of nitrogens with zero attached hydrogens (tertiary/aromatic N) is 1. The highest BCUT2D eigenvalue weighted by molar-refractivity contribution is 5.95. The molecule has 0 unspecified atom stereocenters. The first-order valence-electron chi connectivity index (χ1n) is 11.4. The third-order valence-corrected chi connectivity index (χ3v) is 5.95. The zero-order valence-electron chi connectivity index (χ0n) is 19.9. The minimum Gasteiger partial charge on any atom is -0.494 e. The van der Waals surface area contributed by atoms with Gasteiger partial charge < -0.3 is 25.8 Å². The summed E-state index contributed by atoms with van der Waals surface area (Å²) in [7, 11) is 0. The van der Waals surface area contributed by atoms with Crippen molar-refractivity contribution in [2.75, 3.05) is 32.8 Å². The quantitative estimate of drug-likeness (QED) is 0.172. The second kappa shape index (κ2) is 17.3. The molecule has 1 aliphatic heterocycles. The lowest BCUT2D eigenvalue weighted by atomic mass is 9.92. The zero-order chi connectivity index (χ0) is 22.8. The van der Waals surface area contributed by atoms with Crippen LogP contribution in [-0.4, -0.2) is 49.4 Å². The fraction of sp³-hybridized carbons (Fsp3) is 0.440. The number of rotatable bonds is 12. The van der Waals surface area contributed by atoms with Crippen molar-refractivity contribution >= 4 is 48.9 Å². The molecule has 0 aromatic heterocycles. The minimum atomic E-state index is 0. The van der Waals surface area contributed by atoms with E-state index in [4.69, 9.17) is 31.8 Å². The molecule has 0 saturated carbocycles. The lowest BCUT2D eigenvalue weighted by Gasteiger charge is -2.32. The van der Waals surface area contributed by atoms with Crippen molar-refractivity contribution in [2.24, 2.45) is 17.4 Å². The zero-order valence-corrected chi connectivity index (χ0v) is 22.4. The van der Waals surface area contributed by atoms with E-state index in [0.29, 0.717) is 6.61 Å². The van der Waals surface area contributed by atoms with Crippen LogP contribution < -0.4 is 20.9 Å². The molecule has 3 rings (SSSR count). The molecule has 10 heteroatoms. The fourth-order valence-corrected chi connectivity index (χ4v) is 4.00. The topological polar surface area (TPSA) is 121 Å². The number of benzene rings is 2. The Kier molecular flexibility index (Phi) is 16.2. The van der Waals surface area contributed by atoms with E-state index in [2.05, 4.69) is 4.90 Å². The lowest BCUT2D eigenvalue weighted by Crippen LogP contribution is -2.35. The second-order valence-corrected chi connectivity index (χ2v) is 8.35. The Hall–Kier alpha value is -2.19. The Morgan fingerprint density at radius 3 is 1.60 bits per heavy atom. The molecule has 1 heterocycles. The van der Waals surface area contributed by atoms with Crippen molar-refractivity contribution in [1.29, 1.82) is 10.8 Å². The van der Waals surface area contributed by atoms with E-state index in [9.17, 15) is 0 Å². The summed E-state index contributed by atoms with van der Waals surface area (Å²) in [5.74, 6) is 2.60. The van der Waals surface area contributed by atoms with Gasteiger partial charge in [0.05, 0.1) is 13.2 Å². The summed E-state index contributed by atoms with van der Waals surface area (Å²) in [6.07, 6.45) is 5.78. The summed E-state index contributed by atoms with van der Waals surface area (Å²) in [4.78, 5) is 2.53. The molecule has 35 heavy (non-hydrogen) atoms. The van der Waals surface area contributed by atoms with E-state index in [1.54, 1.807) is 0 Å². The predicted octanol–water partition coefficient (Wildman–Crippen LogP) is 4.86. The third kappa shape index (κ3) is 11.4. The maximum absolute atomic E-state index is 7.42. The lowest BCUT2D eigenvalue weighted by molar-refractivity contribution is 0.161. The van der Waals surface area contributed by atoms with E-state index < -0.39 is 0 Å². The monoisotopic (exact) mass is 545 g/mol. The molecule has 196 valence electrons. The first kappa shape index (κ1) is 32.8. The van der Waals surface area contributed by atoms with Crippen LogP contribution in [0.5, 0.6) is 11.5 Å². The Labute approximate surface area is 227 Å². The Bertz CT molecular complexity index is 800. The summed E-state index contributed by atoms with van der Waals surface area (Å²) < 4.78 is 11.6. The normalized spacial score (nSPS) is 13.5. The van der Waals surface area contributed by atoms with E-state index in [0.717, 1.165) is 67.6 Å². The van der Waals surface area contributed by atoms with Gasteiger partial charge in [0.1, 0.15) is 23.2 Å². The van der Waals surface area contributed by atoms with Crippen LogP contribution in [0.15, 0.2) is 48.5 Å². The highest BCUT2D eigenvalue weighted by Gasteiger charge is 2.18. The fourth-order valence-electron chi connectivity index (χ4n) is 4.00. The summed E-state index contributed by atoms with van der Waals surface area (Å²) in [6, 6.07) is 14.8. The number of amidine groups is 2. The summed E-state index contributed by atoms with van der Waals surface area (Å²) in [5.41, 5.74) is 12.4. The van der Waals surface area contributed by atoms with Crippen molar-refractivity contribution in [3.63, 3.8) is 0 Å². The standard InChI is InChI=1S/C25H35N5O2.3ClH/c26-24(27)20-4-8-22(9-5-20)31-17-1-3-19-12-15-30(16-13-19)14-2-18-32-23-10-6-21(7-11-23)25(28)29;;;/h4-11,19H,1-3,12-18H2,(H3,26,27)(H3,28,29);3*1H. The number of nitrogens with one attached hydrogen (secondary N) is 2. The van der Waals surface area contributed by atoms with Gasteiger partial charge in [0.2, 0.25) is 0 Å². The second-order valence-electron chi connectivity index (χ2n) is 8.35. The number of halogens is 3. The number of piperidine rings is 1.